The molecule has 4 heteroatoms. The number of rotatable bonds is 4. The van der Waals surface area contributed by atoms with Gasteiger partial charge in [0.1, 0.15) is 11.9 Å². The maximum atomic E-state index is 12.2. The SMILES string of the molecule is CCC(C)(C)C(=O)OC1C2CC(C1OC)C1C(=O)C21. The van der Waals surface area contributed by atoms with E-state index in [0.717, 1.165) is 12.8 Å². The maximum absolute atomic E-state index is 12.2. The van der Waals surface area contributed by atoms with Gasteiger partial charge in [0.05, 0.1) is 11.5 Å². The third-order valence-electron chi connectivity index (χ3n) is 5.52. The quantitative estimate of drug-likeness (QED) is 0.728. The Morgan fingerprint density at radius 1 is 1.26 bits per heavy atom. The highest BCUT2D eigenvalue weighted by Gasteiger charge is 2.73. The van der Waals surface area contributed by atoms with E-state index >= 15 is 0 Å². The number of Topliss-reactive ketones (excluding diaryl/α,β-unsaturated/α-hetero) is 1. The summed E-state index contributed by atoms with van der Waals surface area (Å²) in [6.07, 6.45) is 1.41. The molecule has 0 aromatic carbocycles. The third-order valence-corrected chi connectivity index (χ3v) is 5.52. The molecule has 3 saturated carbocycles. The Morgan fingerprint density at radius 3 is 2.37 bits per heavy atom. The first-order valence-corrected chi connectivity index (χ1v) is 7.20. The fraction of sp³-hybridized carbons (Fsp3) is 0.867. The van der Waals surface area contributed by atoms with Crippen molar-refractivity contribution in [1.29, 1.82) is 0 Å². The van der Waals surface area contributed by atoms with Crippen molar-refractivity contribution in [2.45, 2.75) is 45.8 Å². The minimum atomic E-state index is -0.465. The van der Waals surface area contributed by atoms with Gasteiger partial charge < -0.3 is 9.47 Å². The van der Waals surface area contributed by atoms with Gasteiger partial charge in [0.2, 0.25) is 0 Å². The molecule has 3 aliphatic rings. The summed E-state index contributed by atoms with van der Waals surface area (Å²) in [5.74, 6) is 1.01. The molecule has 3 fully saturated rings. The predicted molar refractivity (Wildman–Crippen MR) is 68.3 cm³/mol. The van der Waals surface area contributed by atoms with E-state index in [0.29, 0.717) is 5.78 Å². The summed E-state index contributed by atoms with van der Waals surface area (Å²) in [6, 6.07) is 0. The van der Waals surface area contributed by atoms with Crippen LogP contribution >= 0.6 is 0 Å². The van der Waals surface area contributed by atoms with Crippen molar-refractivity contribution in [3.8, 4) is 0 Å². The molecule has 0 saturated heterocycles. The average Bonchev–Trinajstić information content (AvgIpc) is 2.77. The first-order chi connectivity index (χ1) is 8.92. The monoisotopic (exact) mass is 266 g/mol. The molecule has 3 rings (SSSR count). The Hall–Kier alpha value is -0.900. The molecule has 6 unspecified atom stereocenters. The second-order valence-electron chi connectivity index (χ2n) is 6.83. The van der Waals surface area contributed by atoms with Crippen LogP contribution in [0.25, 0.3) is 0 Å². The molecule has 0 aromatic heterocycles. The van der Waals surface area contributed by atoms with Crippen LogP contribution in [-0.2, 0) is 19.1 Å². The van der Waals surface area contributed by atoms with E-state index in [1.807, 2.05) is 20.8 Å². The molecule has 4 nitrogen and oxygen atoms in total. The first kappa shape index (κ1) is 13.1. The van der Waals surface area contributed by atoms with E-state index in [1.54, 1.807) is 7.11 Å². The van der Waals surface area contributed by atoms with Crippen molar-refractivity contribution in [3.63, 3.8) is 0 Å². The molecule has 0 amide bonds. The Morgan fingerprint density at radius 2 is 1.84 bits per heavy atom. The number of esters is 1. The second kappa shape index (κ2) is 4.05. The van der Waals surface area contributed by atoms with E-state index in [-0.39, 0.29) is 41.8 Å². The molecule has 0 N–H and O–H groups in total. The van der Waals surface area contributed by atoms with Crippen molar-refractivity contribution < 1.29 is 19.1 Å². The van der Waals surface area contributed by atoms with Crippen LogP contribution in [-0.4, -0.2) is 31.1 Å². The molecule has 0 radical (unpaired) electrons. The van der Waals surface area contributed by atoms with Crippen molar-refractivity contribution in [3.05, 3.63) is 0 Å². The normalized spacial score (nSPS) is 43.3. The minimum absolute atomic E-state index is 0.0886. The molecular weight excluding hydrogens is 244 g/mol. The molecular formula is C15H22O4. The Kier molecular flexibility index (Phi) is 2.79. The number of ether oxygens (including phenoxy) is 2. The number of hydrogen-bond acceptors (Lipinski definition) is 4. The van der Waals surface area contributed by atoms with Crippen LogP contribution in [0.1, 0.15) is 33.6 Å². The van der Waals surface area contributed by atoms with Gasteiger partial charge in [-0.05, 0) is 32.6 Å². The molecule has 0 spiro atoms. The lowest BCUT2D eigenvalue weighted by Crippen LogP contribution is -2.41. The lowest BCUT2D eigenvalue weighted by molar-refractivity contribution is -0.171. The fourth-order valence-electron chi connectivity index (χ4n) is 3.90. The lowest BCUT2D eigenvalue weighted by Gasteiger charge is -2.31. The number of carbonyl (C=O) groups excluding carboxylic acids is 2. The zero-order chi connectivity index (χ0) is 13.9. The van der Waals surface area contributed by atoms with Gasteiger partial charge in [-0.2, -0.15) is 0 Å². The summed E-state index contributed by atoms with van der Waals surface area (Å²) in [7, 11) is 1.65. The Balaban J connectivity index is 1.75. The summed E-state index contributed by atoms with van der Waals surface area (Å²) in [5.41, 5.74) is -0.465. The molecule has 6 atom stereocenters. The highest BCUT2D eigenvalue weighted by molar-refractivity contribution is 6.01. The highest BCUT2D eigenvalue weighted by Crippen LogP contribution is 2.64. The molecule has 0 aromatic rings. The number of ketones is 1. The van der Waals surface area contributed by atoms with Gasteiger partial charge in [-0.3, -0.25) is 9.59 Å². The molecule has 2 bridgehead atoms. The Bertz CT molecular complexity index is 428. The van der Waals surface area contributed by atoms with Crippen LogP contribution in [0, 0.1) is 29.1 Å². The summed E-state index contributed by atoms with van der Waals surface area (Å²) in [4.78, 5) is 23.9. The van der Waals surface area contributed by atoms with Crippen molar-refractivity contribution >= 4 is 11.8 Å². The third kappa shape index (κ3) is 1.69. The fourth-order valence-corrected chi connectivity index (χ4v) is 3.90. The smallest absolute Gasteiger partial charge is 0.311 e. The van der Waals surface area contributed by atoms with Crippen LogP contribution in [0.5, 0.6) is 0 Å². The van der Waals surface area contributed by atoms with E-state index in [9.17, 15) is 9.59 Å². The second-order valence-corrected chi connectivity index (χ2v) is 6.83. The predicted octanol–water partition coefficient (Wildman–Crippen LogP) is 1.81. The summed E-state index contributed by atoms with van der Waals surface area (Å²) in [6.45, 7) is 5.78. The zero-order valence-corrected chi connectivity index (χ0v) is 12.0. The maximum Gasteiger partial charge on any atom is 0.311 e. The Labute approximate surface area is 113 Å². The van der Waals surface area contributed by atoms with Crippen LogP contribution in [0.3, 0.4) is 0 Å². The van der Waals surface area contributed by atoms with E-state index in [4.69, 9.17) is 9.47 Å². The minimum Gasteiger partial charge on any atom is -0.459 e. The number of fused-ring (bicyclic) bond motifs is 5. The van der Waals surface area contributed by atoms with Gasteiger partial charge in [0.15, 0.2) is 0 Å². The number of hydrogen-bond donors (Lipinski definition) is 0. The summed E-state index contributed by atoms with van der Waals surface area (Å²) in [5, 5.41) is 0. The van der Waals surface area contributed by atoms with Crippen LogP contribution in [0.15, 0.2) is 0 Å². The standard InChI is InChI=1S/C15H22O4/c1-5-15(2,3)14(17)19-13-8-6-7(12(13)18-4)9-10(8)11(9)16/h7-10,12-13H,5-6H2,1-4H3. The van der Waals surface area contributed by atoms with Crippen molar-refractivity contribution in [2.75, 3.05) is 7.11 Å². The van der Waals surface area contributed by atoms with Gasteiger partial charge in [-0.15, -0.1) is 0 Å². The summed E-state index contributed by atoms with van der Waals surface area (Å²) < 4.78 is 11.3. The van der Waals surface area contributed by atoms with Gasteiger partial charge >= 0.3 is 5.97 Å². The van der Waals surface area contributed by atoms with Gasteiger partial charge in [0, 0.05) is 24.9 Å². The van der Waals surface area contributed by atoms with Crippen LogP contribution in [0.2, 0.25) is 0 Å². The number of carbonyl (C=O) groups is 2. The van der Waals surface area contributed by atoms with Gasteiger partial charge in [-0.1, -0.05) is 6.92 Å². The first-order valence-electron chi connectivity index (χ1n) is 7.20. The average molecular weight is 266 g/mol. The molecule has 0 aliphatic heterocycles. The molecule has 3 aliphatic carbocycles. The van der Waals surface area contributed by atoms with E-state index in [1.165, 1.54) is 0 Å². The largest absolute Gasteiger partial charge is 0.459 e. The summed E-state index contributed by atoms with van der Waals surface area (Å²) >= 11 is 0. The molecule has 0 heterocycles. The van der Waals surface area contributed by atoms with Gasteiger partial charge in [0.25, 0.3) is 0 Å². The van der Waals surface area contributed by atoms with Crippen LogP contribution < -0.4 is 0 Å². The zero-order valence-electron chi connectivity index (χ0n) is 12.0. The van der Waals surface area contributed by atoms with Crippen molar-refractivity contribution in [1.82, 2.24) is 0 Å². The molecule has 106 valence electrons. The van der Waals surface area contributed by atoms with E-state index < -0.39 is 5.41 Å². The van der Waals surface area contributed by atoms with Gasteiger partial charge in [-0.25, -0.2) is 0 Å². The lowest BCUT2D eigenvalue weighted by atomic mass is 9.89. The topological polar surface area (TPSA) is 52.6 Å². The number of methoxy groups -OCH3 is 1. The van der Waals surface area contributed by atoms with Crippen molar-refractivity contribution in [2.24, 2.45) is 29.1 Å². The highest BCUT2D eigenvalue weighted by atomic mass is 16.6. The van der Waals surface area contributed by atoms with E-state index in [2.05, 4.69) is 0 Å². The molecule has 19 heavy (non-hydrogen) atoms. The van der Waals surface area contributed by atoms with Crippen LogP contribution in [0.4, 0.5) is 0 Å².